The summed E-state index contributed by atoms with van der Waals surface area (Å²) < 4.78 is 0. The van der Waals surface area contributed by atoms with Gasteiger partial charge >= 0.3 is 0 Å². The number of carbonyl (C=O) groups excluding carboxylic acids is 1. The van der Waals surface area contributed by atoms with Crippen LogP contribution in [0.25, 0.3) is 0 Å². The summed E-state index contributed by atoms with van der Waals surface area (Å²) in [6, 6.07) is 18.5. The molecule has 0 heterocycles. The summed E-state index contributed by atoms with van der Waals surface area (Å²) in [6.07, 6.45) is 2.31. The van der Waals surface area contributed by atoms with Crippen molar-refractivity contribution >= 4 is 11.6 Å². The Morgan fingerprint density at radius 2 is 1.86 bits per heavy atom. The average molecular weight is 294 g/mol. The normalized spacial score (nSPS) is 15.1. The molecule has 1 amide bonds. The quantitative estimate of drug-likeness (QED) is 0.858. The van der Waals surface area contributed by atoms with Gasteiger partial charge in [0, 0.05) is 17.6 Å². The molecule has 22 heavy (non-hydrogen) atoms. The Morgan fingerprint density at radius 3 is 2.55 bits per heavy atom. The molecule has 3 heteroatoms. The molecule has 2 aromatic rings. The molecule has 0 atom stereocenters. The highest BCUT2D eigenvalue weighted by atomic mass is 16.1. The van der Waals surface area contributed by atoms with Gasteiger partial charge < -0.3 is 10.6 Å². The summed E-state index contributed by atoms with van der Waals surface area (Å²) in [4.78, 5) is 12.0. The largest absolute Gasteiger partial charge is 0.376 e. The van der Waals surface area contributed by atoms with Crippen LogP contribution in [0.4, 0.5) is 5.69 Å². The first kappa shape index (κ1) is 14.6. The van der Waals surface area contributed by atoms with Crippen molar-refractivity contribution in [3.05, 3.63) is 65.7 Å². The van der Waals surface area contributed by atoms with Gasteiger partial charge in [-0.25, -0.2) is 0 Å². The third-order valence-electron chi connectivity index (χ3n) is 4.33. The van der Waals surface area contributed by atoms with E-state index in [-0.39, 0.29) is 11.3 Å². The molecule has 0 radical (unpaired) electrons. The Bertz CT molecular complexity index is 647. The monoisotopic (exact) mass is 294 g/mol. The van der Waals surface area contributed by atoms with Crippen molar-refractivity contribution < 1.29 is 4.79 Å². The number of anilines is 1. The van der Waals surface area contributed by atoms with Crippen molar-refractivity contribution in [3.8, 4) is 0 Å². The molecule has 114 valence electrons. The fraction of sp³-hybridized carbons (Fsp3) is 0.316. The number of carbonyl (C=O) groups is 1. The lowest BCUT2D eigenvalue weighted by molar-refractivity contribution is -0.119. The number of aryl methyl sites for hydroxylation is 1. The van der Waals surface area contributed by atoms with E-state index in [0.717, 1.165) is 25.1 Å². The molecule has 1 fully saturated rings. The highest BCUT2D eigenvalue weighted by Gasteiger charge is 2.44. The van der Waals surface area contributed by atoms with Crippen molar-refractivity contribution in [3.63, 3.8) is 0 Å². The zero-order chi connectivity index (χ0) is 15.4. The Kier molecular flexibility index (Phi) is 4.14. The lowest BCUT2D eigenvalue weighted by atomic mass is 9.96. The van der Waals surface area contributed by atoms with Gasteiger partial charge in [-0.2, -0.15) is 0 Å². The van der Waals surface area contributed by atoms with Crippen molar-refractivity contribution in [2.24, 2.45) is 0 Å². The molecule has 1 aliphatic carbocycles. The number of rotatable bonds is 6. The molecular weight excluding hydrogens is 272 g/mol. The molecule has 2 N–H and O–H groups in total. The van der Waals surface area contributed by atoms with E-state index in [9.17, 15) is 4.79 Å². The van der Waals surface area contributed by atoms with Crippen LogP contribution in [-0.2, 0) is 10.2 Å². The molecule has 3 rings (SSSR count). The van der Waals surface area contributed by atoms with Crippen LogP contribution in [0, 0.1) is 6.92 Å². The number of hydrogen-bond donors (Lipinski definition) is 2. The van der Waals surface area contributed by atoms with Crippen LogP contribution in [0.5, 0.6) is 0 Å². The third kappa shape index (κ3) is 3.48. The first-order valence-electron chi connectivity index (χ1n) is 7.81. The summed E-state index contributed by atoms with van der Waals surface area (Å²) in [5, 5.41) is 6.24. The van der Waals surface area contributed by atoms with E-state index in [1.807, 2.05) is 37.3 Å². The smallest absolute Gasteiger partial charge is 0.239 e. The van der Waals surface area contributed by atoms with Crippen LogP contribution >= 0.6 is 0 Å². The number of amides is 1. The predicted molar refractivity (Wildman–Crippen MR) is 90.0 cm³/mol. The molecule has 0 bridgehead atoms. The van der Waals surface area contributed by atoms with Crippen LogP contribution in [0.2, 0.25) is 0 Å². The van der Waals surface area contributed by atoms with Crippen molar-refractivity contribution in [2.75, 3.05) is 18.4 Å². The Hall–Kier alpha value is -2.29. The first-order chi connectivity index (χ1) is 10.7. The average Bonchev–Trinajstić information content (AvgIpc) is 3.33. The number of nitrogens with one attached hydrogen (secondary N) is 2. The number of benzene rings is 2. The van der Waals surface area contributed by atoms with Crippen LogP contribution in [0.3, 0.4) is 0 Å². The van der Waals surface area contributed by atoms with Gasteiger partial charge in [0.15, 0.2) is 0 Å². The Balaban J connectivity index is 1.49. The van der Waals surface area contributed by atoms with Gasteiger partial charge in [-0.15, -0.1) is 0 Å². The summed E-state index contributed by atoms with van der Waals surface area (Å²) in [7, 11) is 0. The summed E-state index contributed by atoms with van der Waals surface area (Å²) in [5.74, 6) is 0.0451. The van der Waals surface area contributed by atoms with Crippen LogP contribution in [-0.4, -0.2) is 19.0 Å². The Labute approximate surface area is 131 Å². The van der Waals surface area contributed by atoms with Gasteiger partial charge in [0.1, 0.15) is 0 Å². The molecule has 1 aliphatic rings. The maximum atomic E-state index is 12.0. The minimum Gasteiger partial charge on any atom is -0.376 e. The number of hydrogen-bond acceptors (Lipinski definition) is 2. The van der Waals surface area contributed by atoms with Crippen molar-refractivity contribution in [1.29, 1.82) is 0 Å². The van der Waals surface area contributed by atoms with Crippen LogP contribution in [0.1, 0.15) is 24.0 Å². The standard InChI is InChI=1S/C19H22N2O/c1-15-6-5-9-17(12-15)20-13-18(22)21-14-19(10-11-19)16-7-3-2-4-8-16/h2-9,12,20H,10-11,13-14H2,1H3,(H,21,22). The highest BCUT2D eigenvalue weighted by molar-refractivity contribution is 5.80. The van der Waals surface area contributed by atoms with E-state index in [0.29, 0.717) is 6.54 Å². The second-order valence-corrected chi connectivity index (χ2v) is 6.15. The molecule has 3 nitrogen and oxygen atoms in total. The van der Waals surface area contributed by atoms with E-state index in [1.54, 1.807) is 0 Å². The van der Waals surface area contributed by atoms with E-state index < -0.39 is 0 Å². The van der Waals surface area contributed by atoms with E-state index in [1.165, 1.54) is 11.1 Å². The molecule has 0 aromatic heterocycles. The zero-order valence-corrected chi connectivity index (χ0v) is 12.9. The van der Waals surface area contributed by atoms with Gasteiger partial charge in [-0.3, -0.25) is 4.79 Å². The SMILES string of the molecule is Cc1cccc(NCC(=O)NCC2(c3ccccc3)CC2)c1. The third-order valence-corrected chi connectivity index (χ3v) is 4.33. The Morgan fingerprint density at radius 1 is 1.09 bits per heavy atom. The van der Waals surface area contributed by atoms with E-state index in [2.05, 4.69) is 34.9 Å². The van der Waals surface area contributed by atoms with Crippen LogP contribution < -0.4 is 10.6 Å². The summed E-state index contributed by atoms with van der Waals surface area (Å²) in [5.41, 5.74) is 3.67. The minimum atomic E-state index is 0.0451. The van der Waals surface area contributed by atoms with Crippen molar-refractivity contribution in [1.82, 2.24) is 5.32 Å². The molecule has 2 aromatic carbocycles. The van der Waals surface area contributed by atoms with E-state index >= 15 is 0 Å². The summed E-state index contributed by atoms with van der Waals surface area (Å²) in [6.45, 7) is 3.08. The molecular formula is C19H22N2O. The predicted octanol–water partition coefficient (Wildman–Crippen LogP) is 3.25. The lowest BCUT2D eigenvalue weighted by Crippen LogP contribution is -2.35. The van der Waals surface area contributed by atoms with Gasteiger partial charge in [0.05, 0.1) is 6.54 Å². The topological polar surface area (TPSA) is 41.1 Å². The van der Waals surface area contributed by atoms with Gasteiger partial charge in [0.2, 0.25) is 5.91 Å². The second kappa shape index (κ2) is 6.22. The zero-order valence-electron chi connectivity index (χ0n) is 12.9. The molecule has 1 saturated carbocycles. The highest BCUT2D eigenvalue weighted by Crippen LogP contribution is 2.47. The van der Waals surface area contributed by atoms with Crippen molar-refractivity contribution in [2.45, 2.75) is 25.2 Å². The van der Waals surface area contributed by atoms with E-state index in [4.69, 9.17) is 0 Å². The minimum absolute atomic E-state index is 0.0451. The molecule has 0 unspecified atom stereocenters. The van der Waals surface area contributed by atoms with Crippen LogP contribution in [0.15, 0.2) is 54.6 Å². The lowest BCUT2D eigenvalue weighted by Gasteiger charge is -2.17. The summed E-state index contributed by atoms with van der Waals surface area (Å²) >= 11 is 0. The van der Waals surface area contributed by atoms with Gasteiger partial charge in [-0.1, -0.05) is 42.5 Å². The first-order valence-corrected chi connectivity index (χ1v) is 7.81. The maximum absolute atomic E-state index is 12.0. The van der Waals surface area contributed by atoms with Gasteiger partial charge in [0.25, 0.3) is 0 Å². The second-order valence-electron chi connectivity index (χ2n) is 6.15. The maximum Gasteiger partial charge on any atom is 0.239 e. The fourth-order valence-corrected chi connectivity index (χ4v) is 2.78. The molecule has 0 spiro atoms. The molecule has 0 saturated heterocycles. The molecule has 0 aliphatic heterocycles. The fourth-order valence-electron chi connectivity index (χ4n) is 2.78. The van der Waals surface area contributed by atoms with Gasteiger partial charge in [-0.05, 0) is 43.0 Å².